The molecule has 8 heteroatoms. The van der Waals surface area contributed by atoms with Crippen LogP contribution in [0.15, 0.2) is 42.5 Å². The third kappa shape index (κ3) is 3.77. The predicted octanol–water partition coefficient (Wildman–Crippen LogP) is 4.34. The first kappa shape index (κ1) is 16.1. The number of halogens is 2. The van der Waals surface area contributed by atoms with Gasteiger partial charge < -0.3 is 10.6 Å². The summed E-state index contributed by atoms with van der Waals surface area (Å²) in [6.45, 7) is 0.618. The third-order valence-electron chi connectivity index (χ3n) is 3.20. The number of H-pyrrole nitrogens is 1. The summed E-state index contributed by atoms with van der Waals surface area (Å²) in [4.78, 5) is 4.28. The van der Waals surface area contributed by atoms with E-state index in [4.69, 9.17) is 28.5 Å². The largest absolute Gasteiger partial charge is 0.349 e. The molecule has 0 saturated heterocycles. The lowest BCUT2D eigenvalue weighted by Gasteiger charge is -2.05. The van der Waals surface area contributed by atoms with Gasteiger partial charge in [-0.3, -0.25) is 0 Å². The highest BCUT2D eigenvalue weighted by molar-refractivity contribution is 6.37. The summed E-state index contributed by atoms with van der Waals surface area (Å²) in [7, 11) is 0. The van der Waals surface area contributed by atoms with Crippen LogP contribution >= 0.6 is 23.2 Å². The van der Waals surface area contributed by atoms with Crippen LogP contribution in [0.4, 0.5) is 17.6 Å². The topological polar surface area (TPSA) is 89.4 Å². The highest BCUT2D eigenvalue weighted by Crippen LogP contribution is 2.29. The van der Waals surface area contributed by atoms with E-state index in [1.54, 1.807) is 12.1 Å². The Morgan fingerprint density at radius 3 is 2.50 bits per heavy atom. The molecule has 0 bridgehead atoms. The van der Waals surface area contributed by atoms with E-state index >= 15 is 0 Å². The first-order chi connectivity index (χ1) is 11.7. The summed E-state index contributed by atoms with van der Waals surface area (Å²) < 4.78 is 0. The molecule has 6 nitrogen and oxygen atoms in total. The van der Waals surface area contributed by atoms with E-state index in [0.29, 0.717) is 24.1 Å². The number of nitrogens with one attached hydrogen (secondary N) is 3. The number of aromatic nitrogens is 3. The standard InChI is InChI=1S/C16H12Cl2N6/c17-13-6-11(7-14(18)12(13)8-19)21-16-22-15(23-24-16)20-9-10-4-2-1-3-5-10/h1-7H,9H2,(H3,20,21,22,23,24). The van der Waals surface area contributed by atoms with Crippen LogP contribution in [0.3, 0.4) is 0 Å². The van der Waals surface area contributed by atoms with E-state index in [1.807, 2.05) is 36.4 Å². The summed E-state index contributed by atoms with van der Waals surface area (Å²) in [5, 5.41) is 22.5. The number of nitrogens with zero attached hydrogens (tertiary/aromatic N) is 3. The monoisotopic (exact) mass is 358 g/mol. The summed E-state index contributed by atoms with van der Waals surface area (Å²) in [5.74, 6) is 0.898. The molecule has 3 rings (SSSR count). The molecule has 0 aliphatic rings. The summed E-state index contributed by atoms with van der Waals surface area (Å²) in [5.41, 5.74) is 1.98. The number of aromatic amines is 1. The number of hydrogen-bond acceptors (Lipinski definition) is 5. The van der Waals surface area contributed by atoms with Crippen LogP contribution in [-0.2, 0) is 6.54 Å². The molecule has 120 valence electrons. The SMILES string of the molecule is N#Cc1c(Cl)cc(Nc2nc(NCc3ccccc3)n[nH]2)cc1Cl. The highest BCUT2D eigenvalue weighted by Gasteiger charge is 2.09. The fraction of sp³-hybridized carbons (Fsp3) is 0.0625. The minimum atomic E-state index is 0.242. The first-order valence-corrected chi connectivity index (χ1v) is 7.77. The molecule has 0 atom stereocenters. The first-order valence-electron chi connectivity index (χ1n) is 7.02. The van der Waals surface area contributed by atoms with Gasteiger partial charge in [0.2, 0.25) is 11.9 Å². The number of rotatable bonds is 5. The molecule has 3 aromatic rings. The van der Waals surface area contributed by atoms with Gasteiger partial charge in [0.1, 0.15) is 6.07 Å². The van der Waals surface area contributed by atoms with E-state index in [-0.39, 0.29) is 15.6 Å². The maximum atomic E-state index is 8.96. The molecule has 0 aliphatic carbocycles. The lowest BCUT2D eigenvalue weighted by atomic mass is 10.2. The Morgan fingerprint density at radius 1 is 1.12 bits per heavy atom. The van der Waals surface area contributed by atoms with Crippen molar-refractivity contribution in [3.63, 3.8) is 0 Å². The lowest BCUT2D eigenvalue weighted by molar-refractivity contribution is 1.04. The molecule has 0 aliphatic heterocycles. The van der Waals surface area contributed by atoms with E-state index in [2.05, 4.69) is 25.8 Å². The second-order valence-corrected chi connectivity index (χ2v) is 5.71. The van der Waals surface area contributed by atoms with Crippen LogP contribution < -0.4 is 10.6 Å². The van der Waals surface area contributed by atoms with Gasteiger partial charge in [0.15, 0.2) is 0 Å². The Labute approximate surface area is 148 Å². The van der Waals surface area contributed by atoms with Crippen LogP contribution in [0.25, 0.3) is 0 Å². The minimum Gasteiger partial charge on any atom is -0.349 e. The zero-order valence-corrected chi connectivity index (χ0v) is 13.9. The number of nitriles is 1. The van der Waals surface area contributed by atoms with Crippen molar-refractivity contribution in [2.45, 2.75) is 6.54 Å². The molecule has 1 heterocycles. The Hall–Kier alpha value is -2.75. The van der Waals surface area contributed by atoms with Crippen molar-refractivity contribution in [3.05, 3.63) is 63.6 Å². The fourth-order valence-corrected chi connectivity index (χ4v) is 2.63. The summed E-state index contributed by atoms with van der Waals surface area (Å²) in [6.07, 6.45) is 0. The average Bonchev–Trinajstić information content (AvgIpc) is 3.01. The average molecular weight is 359 g/mol. The van der Waals surface area contributed by atoms with E-state index < -0.39 is 0 Å². The lowest BCUT2D eigenvalue weighted by Crippen LogP contribution is -2.00. The molecule has 2 aromatic carbocycles. The zero-order valence-electron chi connectivity index (χ0n) is 12.3. The Kier molecular flexibility index (Phi) is 4.85. The van der Waals surface area contributed by atoms with Crippen molar-refractivity contribution in [2.24, 2.45) is 0 Å². The second kappa shape index (κ2) is 7.21. The van der Waals surface area contributed by atoms with Crippen molar-refractivity contribution >= 4 is 40.8 Å². The van der Waals surface area contributed by atoms with Gasteiger partial charge in [0.05, 0.1) is 15.6 Å². The van der Waals surface area contributed by atoms with E-state index in [0.717, 1.165) is 5.56 Å². The van der Waals surface area contributed by atoms with Gasteiger partial charge in [-0.15, -0.1) is 5.10 Å². The minimum absolute atomic E-state index is 0.242. The molecule has 0 spiro atoms. The van der Waals surface area contributed by atoms with Crippen molar-refractivity contribution in [1.29, 1.82) is 5.26 Å². The Morgan fingerprint density at radius 2 is 1.83 bits per heavy atom. The second-order valence-electron chi connectivity index (χ2n) is 4.90. The van der Waals surface area contributed by atoms with Crippen LogP contribution in [-0.4, -0.2) is 15.2 Å². The number of benzene rings is 2. The molecular weight excluding hydrogens is 347 g/mol. The molecule has 0 unspecified atom stereocenters. The number of anilines is 3. The molecule has 24 heavy (non-hydrogen) atoms. The maximum Gasteiger partial charge on any atom is 0.243 e. The molecular formula is C16H12Cl2N6. The summed E-state index contributed by atoms with van der Waals surface area (Å²) >= 11 is 12.0. The molecule has 1 aromatic heterocycles. The molecule has 0 fully saturated rings. The van der Waals surface area contributed by atoms with E-state index in [1.165, 1.54) is 0 Å². The highest BCUT2D eigenvalue weighted by atomic mass is 35.5. The maximum absolute atomic E-state index is 8.96. The van der Waals surface area contributed by atoms with E-state index in [9.17, 15) is 0 Å². The normalized spacial score (nSPS) is 10.2. The van der Waals surface area contributed by atoms with Crippen molar-refractivity contribution in [1.82, 2.24) is 15.2 Å². The van der Waals surface area contributed by atoms with Crippen molar-refractivity contribution in [3.8, 4) is 6.07 Å². The predicted molar refractivity (Wildman–Crippen MR) is 94.6 cm³/mol. The van der Waals surface area contributed by atoms with Crippen molar-refractivity contribution in [2.75, 3.05) is 10.6 Å². The van der Waals surface area contributed by atoms with Crippen LogP contribution in [0, 0.1) is 11.3 Å². The van der Waals surface area contributed by atoms with Gasteiger partial charge in [-0.05, 0) is 17.7 Å². The molecule has 0 saturated carbocycles. The van der Waals surface area contributed by atoms with Gasteiger partial charge in [-0.25, -0.2) is 5.10 Å². The van der Waals surface area contributed by atoms with Gasteiger partial charge in [0.25, 0.3) is 0 Å². The Balaban J connectivity index is 1.67. The Bertz CT molecular complexity index is 862. The van der Waals surface area contributed by atoms with Gasteiger partial charge in [-0.2, -0.15) is 10.2 Å². The third-order valence-corrected chi connectivity index (χ3v) is 3.79. The van der Waals surface area contributed by atoms with Crippen LogP contribution in [0.5, 0.6) is 0 Å². The zero-order chi connectivity index (χ0) is 16.9. The van der Waals surface area contributed by atoms with Gasteiger partial charge in [0, 0.05) is 12.2 Å². The van der Waals surface area contributed by atoms with Gasteiger partial charge >= 0.3 is 0 Å². The fourth-order valence-electron chi connectivity index (χ4n) is 2.06. The number of hydrogen-bond donors (Lipinski definition) is 3. The smallest absolute Gasteiger partial charge is 0.243 e. The van der Waals surface area contributed by atoms with Crippen LogP contribution in [0.1, 0.15) is 11.1 Å². The molecule has 0 radical (unpaired) electrons. The molecule has 0 amide bonds. The summed E-state index contributed by atoms with van der Waals surface area (Å²) in [6, 6.07) is 15.1. The van der Waals surface area contributed by atoms with Gasteiger partial charge in [-0.1, -0.05) is 53.5 Å². The van der Waals surface area contributed by atoms with Crippen molar-refractivity contribution < 1.29 is 0 Å². The van der Waals surface area contributed by atoms with Crippen LogP contribution in [0.2, 0.25) is 10.0 Å². The molecule has 3 N–H and O–H groups in total. The quantitative estimate of drug-likeness (QED) is 0.631.